The zero-order valence-corrected chi connectivity index (χ0v) is 19.3. The molecule has 3 aliphatic rings. The molecule has 34 heavy (non-hydrogen) atoms. The lowest BCUT2D eigenvalue weighted by Crippen LogP contribution is -2.27. The summed E-state index contributed by atoms with van der Waals surface area (Å²) in [4.78, 5) is 12.1. The molecule has 1 unspecified atom stereocenters. The first-order valence-electron chi connectivity index (χ1n) is 12.4. The van der Waals surface area contributed by atoms with Gasteiger partial charge in [0.1, 0.15) is 18.0 Å². The largest absolute Gasteiger partial charge is 0.488 e. The van der Waals surface area contributed by atoms with Crippen molar-refractivity contribution in [2.45, 2.75) is 63.2 Å². The quantitative estimate of drug-likeness (QED) is 0.478. The molecule has 1 aromatic heterocycles. The molecule has 0 radical (unpaired) electrons. The molecule has 3 aromatic rings. The van der Waals surface area contributed by atoms with Crippen LogP contribution < -0.4 is 15.8 Å². The summed E-state index contributed by atoms with van der Waals surface area (Å²) in [5.41, 5.74) is 11.4. The van der Waals surface area contributed by atoms with Gasteiger partial charge in [0, 0.05) is 35.2 Å². The minimum atomic E-state index is -0.388. The molecule has 2 aromatic carbocycles. The van der Waals surface area contributed by atoms with Gasteiger partial charge in [-0.25, -0.2) is 4.79 Å². The molecular formula is C27H31N3O4. The Kier molecular flexibility index (Phi) is 5.57. The molecule has 1 atom stereocenters. The first kappa shape index (κ1) is 21.4. The molecule has 1 saturated heterocycles. The van der Waals surface area contributed by atoms with E-state index < -0.39 is 0 Å². The fourth-order valence-electron chi connectivity index (χ4n) is 5.01. The number of nitrogens with zero attached hydrogens (tertiary/aromatic N) is 1. The highest BCUT2D eigenvalue weighted by Gasteiger charge is 2.28. The molecule has 1 aliphatic heterocycles. The number of rotatable bonds is 6. The number of nitrogens with one attached hydrogen (secondary N) is 1. The van der Waals surface area contributed by atoms with Crippen LogP contribution in [0.5, 0.6) is 5.75 Å². The van der Waals surface area contributed by atoms with Crippen LogP contribution in [-0.2, 0) is 9.47 Å². The van der Waals surface area contributed by atoms with Gasteiger partial charge in [0.2, 0.25) is 0 Å². The number of nitrogen functional groups attached to an aromatic ring is 1. The summed E-state index contributed by atoms with van der Waals surface area (Å²) in [6, 6.07) is 14.5. The number of aromatic nitrogens is 1. The second kappa shape index (κ2) is 8.87. The standard InChI is InChI=1S/C27H31N3O4/c28-25-23-12-11-21(33-22-13-14-32-16-22)15-24(23)30(19-3-1-4-19)26(25)17-7-9-18(10-8-17)29-27(31)34-20-5-2-6-20/h7-12,15,19-20,22H,1-6,13-14,16,28H2,(H,29,31). The van der Waals surface area contributed by atoms with Gasteiger partial charge in [-0.2, -0.15) is 0 Å². The van der Waals surface area contributed by atoms with E-state index in [0.717, 1.165) is 78.7 Å². The van der Waals surface area contributed by atoms with Crippen molar-refractivity contribution in [1.82, 2.24) is 4.57 Å². The maximum atomic E-state index is 12.1. The molecule has 1 amide bonds. The van der Waals surface area contributed by atoms with Gasteiger partial charge in [-0.1, -0.05) is 12.1 Å². The van der Waals surface area contributed by atoms with E-state index in [1.54, 1.807) is 0 Å². The van der Waals surface area contributed by atoms with Gasteiger partial charge < -0.3 is 24.5 Å². The van der Waals surface area contributed by atoms with E-state index in [0.29, 0.717) is 18.3 Å². The summed E-state index contributed by atoms with van der Waals surface area (Å²) in [6.45, 7) is 1.40. The SMILES string of the molecule is Nc1c(-c2ccc(NC(=O)OC3CCC3)cc2)n(C2CCC2)c2cc(OC3CCOC3)ccc12. The van der Waals surface area contributed by atoms with E-state index in [9.17, 15) is 4.79 Å². The minimum Gasteiger partial charge on any atom is -0.488 e. The van der Waals surface area contributed by atoms with Gasteiger partial charge in [0.05, 0.1) is 30.1 Å². The Bertz CT molecular complexity index is 1190. The first-order chi connectivity index (χ1) is 16.7. The number of nitrogens with two attached hydrogens (primary N) is 1. The Labute approximate surface area is 199 Å². The van der Waals surface area contributed by atoms with Gasteiger partial charge in [-0.05, 0) is 62.8 Å². The smallest absolute Gasteiger partial charge is 0.411 e. The van der Waals surface area contributed by atoms with Crippen molar-refractivity contribution in [2.24, 2.45) is 0 Å². The Morgan fingerprint density at radius 2 is 1.79 bits per heavy atom. The predicted molar refractivity (Wildman–Crippen MR) is 132 cm³/mol. The minimum absolute atomic E-state index is 0.0623. The zero-order chi connectivity index (χ0) is 23.1. The van der Waals surface area contributed by atoms with E-state index in [2.05, 4.69) is 22.0 Å². The second-order valence-corrected chi connectivity index (χ2v) is 9.66. The maximum absolute atomic E-state index is 12.1. The van der Waals surface area contributed by atoms with E-state index in [-0.39, 0.29) is 18.3 Å². The Morgan fingerprint density at radius 1 is 1.00 bits per heavy atom. The summed E-state index contributed by atoms with van der Waals surface area (Å²) in [5, 5.41) is 3.88. The molecule has 2 aliphatic carbocycles. The van der Waals surface area contributed by atoms with E-state index in [4.69, 9.17) is 19.9 Å². The van der Waals surface area contributed by atoms with E-state index in [1.807, 2.05) is 30.3 Å². The second-order valence-electron chi connectivity index (χ2n) is 9.66. The van der Waals surface area contributed by atoms with Crippen molar-refractivity contribution in [3.8, 4) is 17.0 Å². The van der Waals surface area contributed by atoms with Crippen LogP contribution in [0.15, 0.2) is 42.5 Å². The third-order valence-corrected chi connectivity index (χ3v) is 7.38. The van der Waals surface area contributed by atoms with Crippen LogP contribution in [0, 0.1) is 0 Å². The van der Waals surface area contributed by atoms with Gasteiger partial charge >= 0.3 is 6.09 Å². The number of ether oxygens (including phenoxy) is 3. The van der Waals surface area contributed by atoms with Crippen LogP contribution in [0.25, 0.3) is 22.2 Å². The van der Waals surface area contributed by atoms with Crippen molar-refractivity contribution >= 4 is 28.4 Å². The van der Waals surface area contributed by atoms with Crippen molar-refractivity contribution in [1.29, 1.82) is 0 Å². The monoisotopic (exact) mass is 461 g/mol. The fraction of sp³-hybridized carbons (Fsp3) is 0.444. The highest BCUT2D eigenvalue weighted by Crippen LogP contribution is 2.45. The summed E-state index contributed by atoms with van der Waals surface area (Å²) in [6.07, 6.45) is 7.26. The van der Waals surface area contributed by atoms with Crippen molar-refractivity contribution < 1.29 is 19.0 Å². The molecule has 6 rings (SSSR count). The van der Waals surface area contributed by atoms with Crippen molar-refractivity contribution in [3.05, 3.63) is 42.5 Å². The summed E-state index contributed by atoms with van der Waals surface area (Å²) < 4.78 is 19.4. The lowest BCUT2D eigenvalue weighted by Gasteiger charge is -2.30. The number of hydrogen-bond acceptors (Lipinski definition) is 5. The lowest BCUT2D eigenvalue weighted by atomic mass is 9.92. The summed E-state index contributed by atoms with van der Waals surface area (Å²) in [7, 11) is 0. The van der Waals surface area contributed by atoms with Crippen LogP contribution in [0.3, 0.4) is 0 Å². The number of benzene rings is 2. The topological polar surface area (TPSA) is 87.7 Å². The Hall–Kier alpha value is -3.19. The molecule has 7 heteroatoms. The Balaban J connectivity index is 1.30. The molecular weight excluding hydrogens is 430 g/mol. The molecule has 0 spiro atoms. The summed E-state index contributed by atoms with van der Waals surface area (Å²) in [5.74, 6) is 0.858. The van der Waals surface area contributed by atoms with Crippen LogP contribution in [-0.4, -0.2) is 36.1 Å². The fourth-order valence-corrected chi connectivity index (χ4v) is 5.01. The number of hydrogen-bond donors (Lipinski definition) is 2. The van der Waals surface area contributed by atoms with Crippen LogP contribution in [0.2, 0.25) is 0 Å². The third kappa shape index (κ3) is 3.98. The molecule has 0 bridgehead atoms. The number of anilines is 2. The Morgan fingerprint density at radius 3 is 2.44 bits per heavy atom. The average Bonchev–Trinajstić information content (AvgIpc) is 3.37. The van der Waals surface area contributed by atoms with Gasteiger partial charge in [0.25, 0.3) is 0 Å². The molecule has 2 heterocycles. The van der Waals surface area contributed by atoms with Gasteiger partial charge in [-0.15, -0.1) is 0 Å². The lowest BCUT2D eigenvalue weighted by molar-refractivity contribution is 0.0624. The molecule has 178 valence electrons. The van der Waals surface area contributed by atoms with Crippen molar-refractivity contribution in [2.75, 3.05) is 24.3 Å². The molecule has 2 saturated carbocycles. The van der Waals surface area contributed by atoms with Crippen LogP contribution >= 0.6 is 0 Å². The highest BCUT2D eigenvalue weighted by atomic mass is 16.6. The molecule has 7 nitrogen and oxygen atoms in total. The third-order valence-electron chi connectivity index (χ3n) is 7.38. The van der Waals surface area contributed by atoms with Crippen LogP contribution in [0.4, 0.5) is 16.2 Å². The van der Waals surface area contributed by atoms with E-state index >= 15 is 0 Å². The molecule has 3 fully saturated rings. The number of carbonyl (C=O) groups excluding carboxylic acids is 1. The van der Waals surface area contributed by atoms with Crippen molar-refractivity contribution in [3.63, 3.8) is 0 Å². The van der Waals surface area contributed by atoms with Gasteiger partial charge in [0.15, 0.2) is 0 Å². The highest BCUT2D eigenvalue weighted by molar-refractivity contribution is 6.01. The predicted octanol–water partition coefficient (Wildman–Crippen LogP) is 5.88. The van der Waals surface area contributed by atoms with E-state index in [1.165, 1.54) is 6.42 Å². The van der Waals surface area contributed by atoms with Crippen LogP contribution in [0.1, 0.15) is 51.0 Å². The molecule has 3 N–H and O–H groups in total. The normalized spacial score (nSPS) is 20.6. The first-order valence-corrected chi connectivity index (χ1v) is 12.4. The number of amides is 1. The van der Waals surface area contributed by atoms with Gasteiger partial charge in [-0.3, -0.25) is 5.32 Å². The number of fused-ring (bicyclic) bond motifs is 1. The maximum Gasteiger partial charge on any atom is 0.411 e. The summed E-state index contributed by atoms with van der Waals surface area (Å²) >= 11 is 0. The zero-order valence-electron chi connectivity index (χ0n) is 19.3. The number of carbonyl (C=O) groups is 1. The average molecular weight is 462 g/mol.